The Morgan fingerprint density at radius 3 is 2.25 bits per heavy atom. The fourth-order valence-corrected chi connectivity index (χ4v) is 0.569. The molecule has 0 spiro atoms. The maximum Gasteiger partial charge on any atom is 0.293 e. The molecule has 0 N–H and O–H groups in total. The van der Waals surface area contributed by atoms with Crippen molar-refractivity contribution in [3.05, 3.63) is 0 Å². The van der Waals surface area contributed by atoms with Crippen LogP contribution in [-0.2, 0) is 9.47 Å². The van der Waals surface area contributed by atoms with E-state index in [4.69, 9.17) is 0 Å². The molecule has 0 heterocycles. The van der Waals surface area contributed by atoms with Gasteiger partial charge in [0, 0.05) is 6.61 Å². The van der Waals surface area contributed by atoms with Crippen molar-refractivity contribution in [2.75, 3.05) is 33.1 Å². The second-order valence-corrected chi connectivity index (χ2v) is 2.23. The Morgan fingerprint density at radius 2 is 1.75 bits per heavy atom. The first-order valence-corrected chi connectivity index (χ1v) is 3.71. The molecule has 0 aromatic heterocycles. The van der Waals surface area contributed by atoms with Gasteiger partial charge in [-0.2, -0.15) is 0 Å². The molecule has 0 aromatic carbocycles. The Hall–Kier alpha value is -0.290. The van der Waals surface area contributed by atoms with Crippen molar-refractivity contribution in [1.82, 2.24) is 0 Å². The first kappa shape index (κ1) is 11.7. The molecular formula is C7H13F3O2. The highest BCUT2D eigenvalue weighted by molar-refractivity contribution is 4.63. The summed E-state index contributed by atoms with van der Waals surface area (Å²) < 4.78 is 45.4. The van der Waals surface area contributed by atoms with Crippen LogP contribution in [-0.4, -0.2) is 39.0 Å². The summed E-state index contributed by atoms with van der Waals surface area (Å²) in [5, 5.41) is 0. The van der Waals surface area contributed by atoms with E-state index in [9.17, 15) is 13.2 Å². The van der Waals surface area contributed by atoms with Crippen molar-refractivity contribution >= 4 is 0 Å². The molecular weight excluding hydrogens is 173 g/mol. The maximum absolute atomic E-state index is 12.6. The molecule has 5 heteroatoms. The predicted molar refractivity (Wildman–Crippen MR) is 38.2 cm³/mol. The molecule has 0 saturated carbocycles. The van der Waals surface area contributed by atoms with Gasteiger partial charge in [0.25, 0.3) is 5.92 Å². The number of rotatable bonds is 7. The molecule has 12 heavy (non-hydrogen) atoms. The number of alkyl halides is 3. The van der Waals surface area contributed by atoms with Gasteiger partial charge >= 0.3 is 0 Å². The summed E-state index contributed by atoms with van der Waals surface area (Å²) in [6.45, 7) is -0.629. The highest BCUT2D eigenvalue weighted by Gasteiger charge is 2.29. The molecule has 0 aromatic rings. The van der Waals surface area contributed by atoms with Crippen LogP contribution >= 0.6 is 0 Å². The lowest BCUT2D eigenvalue weighted by Gasteiger charge is -2.15. The minimum atomic E-state index is -3.01. The van der Waals surface area contributed by atoms with Crippen LogP contribution in [0.3, 0.4) is 0 Å². The van der Waals surface area contributed by atoms with E-state index < -0.39 is 25.8 Å². The van der Waals surface area contributed by atoms with E-state index in [1.807, 2.05) is 0 Å². The molecule has 0 fully saturated rings. The van der Waals surface area contributed by atoms with Crippen molar-refractivity contribution in [2.24, 2.45) is 0 Å². The molecule has 0 radical (unpaired) electrons. The fourth-order valence-electron chi connectivity index (χ4n) is 0.569. The van der Waals surface area contributed by atoms with E-state index in [1.165, 1.54) is 0 Å². The number of ether oxygens (including phenoxy) is 2. The van der Waals surface area contributed by atoms with Crippen molar-refractivity contribution in [3.63, 3.8) is 0 Å². The smallest absolute Gasteiger partial charge is 0.293 e. The minimum Gasteiger partial charge on any atom is -0.375 e. The van der Waals surface area contributed by atoms with Crippen LogP contribution in [0.25, 0.3) is 0 Å². The molecule has 0 unspecified atom stereocenters. The average molecular weight is 186 g/mol. The monoisotopic (exact) mass is 186 g/mol. The van der Waals surface area contributed by atoms with Gasteiger partial charge in [-0.15, -0.1) is 0 Å². The third-order valence-corrected chi connectivity index (χ3v) is 1.05. The Kier molecular flexibility index (Phi) is 6.10. The molecule has 0 aliphatic heterocycles. The zero-order valence-corrected chi connectivity index (χ0v) is 6.99. The summed E-state index contributed by atoms with van der Waals surface area (Å²) in [6, 6.07) is 0. The van der Waals surface area contributed by atoms with Gasteiger partial charge in [-0.25, -0.2) is 13.2 Å². The highest BCUT2D eigenvalue weighted by Crippen LogP contribution is 2.13. The molecule has 0 atom stereocenters. The highest BCUT2D eigenvalue weighted by atomic mass is 19.3. The van der Waals surface area contributed by atoms with Crippen molar-refractivity contribution in [2.45, 2.75) is 12.8 Å². The van der Waals surface area contributed by atoms with Crippen LogP contribution in [0.5, 0.6) is 0 Å². The topological polar surface area (TPSA) is 18.5 Å². The third kappa shape index (κ3) is 6.42. The number of halogens is 3. The molecule has 0 saturated heterocycles. The van der Waals surface area contributed by atoms with E-state index in [2.05, 4.69) is 9.47 Å². The van der Waals surface area contributed by atoms with Crippen LogP contribution in [0.2, 0.25) is 0 Å². The van der Waals surface area contributed by atoms with Crippen molar-refractivity contribution in [3.8, 4) is 0 Å². The van der Waals surface area contributed by atoms with E-state index in [-0.39, 0.29) is 13.2 Å². The summed E-state index contributed by atoms with van der Waals surface area (Å²) in [5.74, 6) is -3.01. The summed E-state index contributed by atoms with van der Waals surface area (Å²) in [7, 11) is 0. The van der Waals surface area contributed by atoms with Crippen LogP contribution in [0, 0.1) is 0 Å². The van der Waals surface area contributed by atoms with Gasteiger partial charge in [0.1, 0.15) is 19.9 Å². The van der Waals surface area contributed by atoms with E-state index >= 15 is 0 Å². The summed E-state index contributed by atoms with van der Waals surface area (Å²) in [6.07, 6.45) is 0. The molecule has 0 aliphatic carbocycles. The van der Waals surface area contributed by atoms with Crippen molar-refractivity contribution < 1.29 is 22.6 Å². The molecule has 2 nitrogen and oxygen atoms in total. The summed E-state index contributed by atoms with van der Waals surface area (Å²) in [5.41, 5.74) is 0. The van der Waals surface area contributed by atoms with Gasteiger partial charge < -0.3 is 9.47 Å². The van der Waals surface area contributed by atoms with Gasteiger partial charge in [-0.3, -0.25) is 0 Å². The van der Waals surface area contributed by atoms with E-state index in [0.29, 0.717) is 0 Å². The van der Waals surface area contributed by atoms with Gasteiger partial charge in [0.05, 0.1) is 6.61 Å². The van der Waals surface area contributed by atoms with Gasteiger partial charge in [-0.05, 0) is 6.92 Å². The normalized spacial score (nSPS) is 12.0. The fraction of sp³-hybridized carbons (Fsp3) is 1.00. The SMILES string of the molecule is CCOCC(F)(F)COCCF. The predicted octanol–water partition coefficient (Wildman–Crippen LogP) is 1.64. The lowest BCUT2D eigenvalue weighted by Crippen LogP contribution is -2.30. The van der Waals surface area contributed by atoms with E-state index in [1.54, 1.807) is 6.92 Å². The van der Waals surface area contributed by atoms with Crippen LogP contribution in [0.1, 0.15) is 6.92 Å². The number of hydrogen-bond acceptors (Lipinski definition) is 2. The van der Waals surface area contributed by atoms with Gasteiger partial charge in [0.2, 0.25) is 0 Å². The molecule has 0 bridgehead atoms. The van der Waals surface area contributed by atoms with Gasteiger partial charge in [0.15, 0.2) is 0 Å². The average Bonchev–Trinajstić information content (AvgIpc) is 2.01. The largest absolute Gasteiger partial charge is 0.375 e. The maximum atomic E-state index is 12.6. The quantitative estimate of drug-likeness (QED) is 0.563. The third-order valence-electron chi connectivity index (χ3n) is 1.05. The lowest BCUT2D eigenvalue weighted by atomic mass is 10.4. The van der Waals surface area contributed by atoms with Crippen LogP contribution in [0.4, 0.5) is 13.2 Å². The first-order valence-electron chi connectivity index (χ1n) is 3.71. The summed E-state index contributed by atoms with van der Waals surface area (Å²) in [4.78, 5) is 0. The van der Waals surface area contributed by atoms with E-state index in [0.717, 1.165) is 0 Å². The zero-order chi connectivity index (χ0) is 9.45. The minimum absolute atomic E-state index is 0.235. The Labute approximate surface area is 69.7 Å². The molecule has 0 aliphatic rings. The second-order valence-electron chi connectivity index (χ2n) is 2.23. The Balaban J connectivity index is 3.42. The molecule has 0 rings (SSSR count). The van der Waals surface area contributed by atoms with Crippen LogP contribution in [0.15, 0.2) is 0 Å². The first-order chi connectivity index (χ1) is 5.62. The summed E-state index contributed by atoms with van der Waals surface area (Å²) >= 11 is 0. The second kappa shape index (κ2) is 6.25. The van der Waals surface area contributed by atoms with Crippen molar-refractivity contribution in [1.29, 1.82) is 0 Å². The number of hydrogen-bond donors (Lipinski definition) is 0. The van der Waals surface area contributed by atoms with Gasteiger partial charge in [-0.1, -0.05) is 0 Å². The van der Waals surface area contributed by atoms with Crippen LogP contribution < -0.4 is 0 Å². The lowest BCUT2D eigenvalue weighted by molar-refractivity contribution is -0.122. The standard InChI is InChI=1S/C7H13F3O2/c1-2-11-5-7(9,10)6-12-4-3-8/h2-6H2,1H3. The Morgan fingerprint density at radius 1 is 1.17 bits per heavy atom. The Bertz CT molecular complexity index is 109. The molecule has 74 valence electrons. The molecule has 0 amide bonds. The zero-order valence-electron chi connectivity index (χ0n) is 6.99.